The van der Waals surface area contributed by atoms with Gasteiger partial charge in [-0.2, -0.15) is 0 Å². The molecule has 0 radical (unpaired) electrons. The smallest absolute Gasteiger partial charge is 0.145 e. The molecule has 0 bridgehead atoms. The van der Waals surface area contributed by atoms with E-state index in [1.54, 1.807) is 0 Å². The minimum atomic E-state index is 0.338. The summed E-state index contributed by atoms with van der Waals surface area (Å²) in [4.78, 5) is 11.8. The molecule has 1 aromatic carbocycles. The van der Waals surface area contributed by atoms with Crippen LogP contribution in [-0.4, -0.2) is 28.0 Å². The lowest BCUT2D eigenvalue weighted by Gasteiger charge is -2.28. The van der Waals surface area contributed by atoms with Crippen LogP contribution in [0.2, 0.25) is 10.0 Å². The molecular formula is C18H20Cl2N4. The molecule has 2 aliphatic heterocycles. The molecule has 4 nitrogen and oxygen atoms in total. The van der Waals surface area contributed by atoms with Gasteiger partial charge in [0.2, 0.25) is 0 Å². The third-order valence-electron chi connectivity index (χ3n) is 4.79. The first kappa shape index (κ1) is 16.3. The Morgan fingerprint density at radius 3 is 2.96 bits per heavy atom. The summed E-state index contributed by atoms with van der Waals surface area (Å²) in [7, 11) is 0. The van der Waals surface area contributed by atoms with Crippen LogP contribution in [0.25, 0.3) is 0 Å². The van der Waals surface area contributed by atoms with Crippen LogP contribution >= 0.6 is 23.2 Å². The van der Waals surface area contributed by atoms with E-state index < -0.39 is 0 Å². The van der Waals surface area contributed by atoms with E-state index in [1.165, 1.54) is 23.2 Å². The zero-order valence-electron chi connectivity index (χ0n) is 13.4. The average Bonchev–Trinajstić information content (AvgIpc) is 3.12. The van der Waals surface area contributed by atoms with Gasteiger partial charge in [0.25, 0.3) is 0 Å². The van der Waals surface area contributed by atoms with Crippen LogP contribution in [0.15, 0.2) is 24.4 Å². The van der Waals surface area contributed by atoms with Crippen molar-refractivity contribution in [2.75, 3.05) is 13.1 Å². The number of halogens is 2. The van der Waals surface area contributed by atoms with E-state index in [1.807, 2.05) is 24.4 Å². The van der Waals surface area contributed by atoms with Gasteiger partial charge in [0.05, 0.1) is 16.1 Å². The van der Waals surface area contributed by atoms with Gasteiger partial charge in [0, 0.05) is 43.5 Å². The average molecular weight is 363 g/mol. The number of benzene rings is 1. The topological polar surface area (TPSA) is 41.1 Å². The Hall–Kier alpha value is -1.20. The second-order valence-corrected chi connectivity index (χ2v) is 7.37. The number of hydrogen-bond acceptors (Lipinski definition) is 4. The Morgan fingerprint density at radius 1 is 1.25 bits per heavy atom. The lowest BCUT2D eigenvalue weighted by molar-refractivity contribution is 0.242. The largest absolute Gasteiger partial charge is 0.307 e. The van der Waals surface area contributed by atoms with Crippen LogP contribution < -0.4 is 5.32 Å². The molecule has 0 saturated carbocycles. The van der Waals surface area contributed by atoms with E-state index in [-0.39, 0.29) is 0 Å². The Bertz CT molecular complexity index is 744. The third kappa shape index (κ3) is 3.42. The highest BCUT2D eigenvalue weighted by molar-refractivity contribution is 6.42. The molecule has 1 saturated heterocycles. The zero-order valence-corrected chi connectivity index (χ0v) is 14.9. The molecule has 0 amide bonds. The maximum Gasteiger partial charge on any atom is 0.145 e. The van der Waals surface area contributed by atoms with Gasteiger partial charge in [0.1, 0.15) is 5.82 Å². The molecule has 0 unspecified atom stereocenters. The Kier molecular flexibility index (Phi) is 4.72. The van der Waals surface area contributed by atoms with Crippen molar-refractivity contribution in [3.8, 4) is 0 Å². The van der Waals surface area contributed by atoms with Gasteiger partial charge >= 0.3 is 0 Å². The Morgan fingerprint density at radius 2 is 2.17 bits per heavy atom. The first-order chi connectivity index (χ1) is 11.7. The highest BCUT2D eigenvalue weighted by Gasteiger charge is 2.23. The van der Waals surface area contributed by atoms with Crippen molar-refractivity contribution in [1.82, 2.24) is 20.2 Å². The molecular weight excluding hydrogens is 343 g/mol. The normalized spacial score (nSPS) is 21.0. The number of rotatable bonds is 3. The van der Waals surface area contributed by atoms with Gasteiger partial charge < -0.3 is 5.32 Å². The van der Waals surface area contributed by atoms with Crippen molar-refractivity contribution in [3.63, 3.8) is 0 Å². The highest BCUT2D eigenvalue weighted by Crippen LogP contribution is 2.26. The number of aromatic nitrogens is 2. The quantitative estimate of drug-likeness (QED) is 0.902. The molecule has 0 spiro atoms. The van der Waals surface area contributed by atoms with E-state index in [9.17, 15) is 0 Å². The van der Waals surface area contributed by atoms with Gasteiger partial charge in [-0.1, -0.05) is 29.3 Å². The summed E-state index contributed by atoms with van der Waals surface area (Å²) in [5.74, 6) is 0.962. The van der Waals surface area contributed by atoms with Crippen molar-refractivity contribution in [1.29, 1.82) is 0 Å². The monoisotopic (exact) mass is 362 g/mol. The van der Waals surface area contributed by atoms with Gasteiger partial charge in [-0.15, -0.1) is 0 Å². The van der Waals surface area contributed by atoms with Gasteiger partial charge in [-0.05, 0) is 37.1 Å². The zero-order chi connectivity index (χ0) is 16.5. The molecule has 126 valence electrons. The summed E-state index contributed by atoms with van der Waals surface area (Å²) >= 11 is 12.1. The van der Waals surface area contributed by atoms with Crippen LogP contribution in [-0.2, 0) is 19.5 Å². The maximum atomic E-state index is 6.12. The molecule has 6 heteroatoms. The van der Waals surface area contributed by atoms with Gasteiger partial charge in [-0.25, -0.2) is 9.97 Å². The SMILES string of the molecule is Clc1ccc(CN2CCc3nc([C@H]4CCCN4)ncc3C2)cc1Cl. The fourth-order valence-corrected chi connectivity index (χ4v) is 3.81. The fourth-order valence-electron chi connectivity index (χ4n) is 3.49. The lowest BCUT2D eigenvalue weighted by Crippen LogP contribution is -2.31. The molecule has 1 N–H and O–H groups in total. The first-order valence-corrected chi connectivity index (χ1v) is 9.19. The minimum absolute atomic E-state index is 0.338. The van der Waals surface area contributed by atoms with E-state index in [4.69, 9.17) is 28.2 Å². The molecule has 1 aromatic heterocycles. The maximum absolute atomic E-state index is 6.12. The number of nitrogens with one attached hydrogen (secondary N) is 1. The number of fused-ring (bicyclic) bond motifs is 1. The van der Waals surface area contributed by atoms with Crippen molar-refractivity contribution >= 4 is 23.2 Å². The molecule has 3 heterocycles. The second kappa shape index (κ2) is 6.96. The minimum Gasteiger partial charge on any atom is -0.307 e. The predicted octanol–water partition coefficient (Wildman–Crippen LogP) is 3.77. The van der Waals surface area contributed by atoms with Crippen LogP contribution in [0, 0.1) is 0 Å². The van der Waals surface area contributed by atoms with E-state index in [0.29, 0.717) is 16.1 Å². The van der Waals surface area contributed by atoms with Crippen molar-refractivity contribution in [2.24, 2.45) is 0 Å². The molecule has 2 aliphatic rings. The summed E-state index contributed by atoms with van der Waals surface area (Å²) in [5.41, 5.74) is 3.63. The van der Waals surface area contributed by atoms with Crippen molar-refractivity contribution in [2.45, 2.75) is 38.4 Å². The van der Waals surface area contributed by atoms with Crippen LogP contribution in [0.4, 0.5) is 0 Å². The standard InChI is InChI=1S/C18H20Cl2N4/c19-14-4-3-12(8-15(14)20)10-24-7-5-16-13(11-24)9-22-18(23-16)17-2-1-6-21-17/h3-4,8-9,17,21H,1-2,5-7,10-11H2/t17-/m1/s1. The van der Waals surface area contributed by atoms with Crippen LogP contribution in [0.5, 0.6) is 0 Å². The van der Waals surface area contributed by atoms with E-state index in [0.717, 1.165) is 44.8 Å². The number of hydrogen-bond donors (Lipinski definition) is 1. The number of nitrogens with zero attached hydrogens (tertiary/aromatic N) is 3. The molecule has 4 rings (SSSR count). The van der Waals surface area contributed by atoms with E-state index in [2.05, 4.69) is 15.2 Å². The molecule has 2 aromatic rings. The molecule has 24 heavy (non-hydrogen) atoms. The predicted molar refractivity (Wildman–Crippen MR) is 96.3 cm³/mol. The Labute approximate surface area is 152 Å². The summed E-state index contributed by atoms with van der Waals surface area (Å²) in [6, 6.07) is 6.19. The third-order valence-corrected chi connectivity index (χ3v) is 5.53. The molecule has 1 fully saturated rings. The first-order valence-electron chi connectivity index (χ1n) is 8.43. The van der Waals surface area contributed by atoms with Crippen LogP contribution in [0.3, 0.4) is 0 Å². The summed E-state index contributed by atoms with van der Waals surface area (Å²) < 4.78 is 0. The Balaban J connectivity index is 1.46. The molecule has 1 atom stereocenters. The summed E-state index contributed by atoms with van der Waals surface area (Å²) in [6.07, 6.45) is 5.34. The fraction of sp³-hybridized carbons (Fsp3) is 0.444. The second-order valence-electron chi connectivity index (χ2n) is 6.56. The van der Waals surface area contributed by atoms with Crippen molar-refractivity contribution in [3.05, 3.63) is 57.1 Å². The van der Waals surface area contributed by atoms with Gasteiger partial charge in [0.15, 0.2) is 0 Å². The highest BCUT2D eigenvalue weighted by atomic mass is 35.5. The summed E-state index contributed by atoms with van der Waals surface area (Å²) in [5, 5.41) is 4.69. The summed E-state index contributed by atoms with van der Waals surface area (Å²) in [6.45, 7) is 3.82. The molecule has 0 aliphatic carbocycles. The van der Waals surface area contributed by atoms with E-state index >= 15 is 0 Å². The van der Waals surface area contributed by atoms with Gasteiger partial charge in [-0.3, -0.25) is 4.90 Å². The van der Waals surface area contributed by atoms with Crippen molar-refractivity contribution < 1.29 is 0 Å². The van der Waals surface area contributed by atoms with Crippen LogP contribution in [0.1, 0.15) is 41.5 Å². The lowest BCUT2D eigenvalue weighted by atomic mass is 10.1.